The maximum atomic E-state index is 13.4. The first-order valence-corrected chi connectivity index (χ1v) is 7.37. The predicted molar refractivity (Wildman–Crippen MR) is 87.9 cm³/mol. The Morgan fingerprint density at radius 3 is 2.57 bits per heavy atom. The molecule has 2 aromatic rings. The molecule has 0 saturated heterocycles. The summed E-state index contributed by atoms with van der Waals surface area (Å²) in [5.41, 5.74) is 2.78. The zero-order chi connectivity index (χ0) is 15.4. The number of nitrogens with zero attached hydrogens (tertiary/aromatic N) is 1. The summed E-state index contributed by atoms with van der Waals surface area (Å²) in [5.74, 6) is -0.247. The number of hydrogen-bond donors (Lipinski definition) is 1. The molecule has 0 atom stereocenters. The molecule has 1 N–H and O–H groups in total. The lowest BCUT2D eigenvalue weighted by molar-refractivity contribution is 0.589. The number of halogens is 2. The molecule has 0 aromatic heterocycles. The fraction of sp³-hybridized carbons (Fsp3) is 0.294. The molecule has 0 radical (unpaired) electrons. The zero-order valence-corrected chi connectivity index (χ0v) is 13.3. The third-order valence-electron chi connectivity index (χ3n) is 3.34. The Bertz CT molecular complexity index is 613. The molecule has 0 aliphatic carbocycles. The van der Waals surface area contributed by atoms with Crippen LogP contribution in [-0.4, -0.2) is 13.1 Å². The van der Waals surface area contributed by atoms with E-state index in [0.717, 1.165) is 16.9 Å². The third kappa shape index (κ3) is 3.96. The number of benzene rings is 2. The summed E-state index contributed by atoms with van der Waals surface area (Å²) in [7, 11) is 1.92. The van der Waals surface area contributed by atoms with Crippen LogP contribution in [0.3, 0.4) is 0 Å². The topological polar surface area (TPSA) is 15.3 Å². The van der Waals surface area contributed by atoms with Crippen molar-refractivity contribution in [2.75, 3.05) is 11.9 Å². The van der Waals surface area contributed by atoms with Crippen molar-refractivity contribution < 1.29 is 4.39 Å². The number of hydrogen-bond acceptors (Lipinski definition) is 2. The minimum Gasteiger partial charge on any atom is -0.344 e. The molecule has 0 aliphatic rings. The van der Waals surface area contributed by atoms with Crippen molar-refractivity contribution in [2.24, 2.45) is 0 Å². The Morgan fingerprint density at radius 1 is 1.19 bits per heavy atom. The first-order valence-electron chi connectivity index (χ1n) is 6.99. The van der Waals surface area contributed by atoms with Crippen molar-refractivity contribution in [3.63, 3.8) is 0 Å². The van der Waals surface area contributed by atoms with Crippen molar-refractivity contribution in [2.45, 2.75) is 26.4 Å². The van der Waals surface area contributed by atoms with Crippen LogP contribution in [0, 0.1) is 5.82 Å². The van der Waals surface area contributed by atoms with E-state index in [1.807, 2.05) is 36.2 Å². The van der Waals surface area contributed by atoms with Gasteiger partial charge in [0.15, 0.2) is 0 Å². The van der Waals surface area contributed by atoms with Gasteiger partial charge in [-0.25, -0.2) is 4.39 Å². The van der Waals surface area contributed by atoms with Crippen LogP contribution in [0.4, 0.5) is 15.8 Å². The molecule has 0 unspecified atom stereocenters. The van der Waals surface area contributed by atoms with Gasteiger partial charge in [-0.05, 0) is 30.3 Å². The SMILES string of the molecule is CC(C)NCc1c(Cl)cccc1N(C)c1cccc(F)c1. The second-order valence-electron chi connectivity index (χ2n) is 5.31. The van der Waals surface area contributed by atoms with Crippen LogP contribution in [0.5, 0.6) is 0 Å². The highest BCUT2D eigenvalue weighted by Crippen LogP contribution is 2.31. The molecule has 2 aromatic carbocycles. The predicted octanol–water partition coefficient (Wildman–Crippen LogP) is 4.75. The van der Waals surface area contributed by atoms with Gasteiger partial charge in [-0.15, -0.1) is 0 Å². The average molecular weight is 307 g/mol. The maximum absolute atomic E-state index is 13.4. The molecule has 0 aliphatic heterocycles. The van der Waals surface area contributed by atoms with Gasteiger partial charge < -0.3 is 10.2 Å². The lowest BCUT2D eigenvalue weighted by atomic mass is 10.1. The van der Waals surface area contributed by atoms with Crippen LogP contribution in [0.1, 0.15) is 19.4 Å². The van der Waals surface area contributed by atoms with Gasteiger partial charge in [0.1, 0.15) is 5.82 Å². The maximum Gasteiger partial charge on any atom is 0.125 e. The minimum atomic E-state index is -0.247. The fourth-order valence-corrected chi connectivity index (χ4v) is 2.40. The van der Waals surface area contributed by atoms with Gasteiger partial charge in [0.25, 0.3) is 0 Å². The number of anilines is 2. The van der Waals surface area contributed by atoms with E-state index in [9.17, 15) is 4.39 Å². The first-order chi connectivity index (χ1) is 9.99. The van der Waals surface area contributed by atoms with E-state index >= 15 is 0 Å². The molecule has 112 valence electrons. The largest absolute Gasteiger partial charge is 0.344 e. The Kier molecular flexibility index (Phi) is 5.21. The summed E-state index contributed by atoms with van der Waals surface area (Å²) < 4.78 is 13.4. The van der Waals surface area contributed by atoms with E-state index in [4.69, 9.17) is 11.6 Å². The molecule has 0 bridgehead atoms. The molecule has 0 heterocycles. The van der Waals surface area contributed by atoms with Crippen LogP contribution < -0.4 is 10.2 Å². The Balaban J connectivity index is 2.36. The van der Waals surface area contributed by atoms with Crippen LogP contribution in [0.15, 0.2) is 42.5 Å². The summed E-state index contributed by atoms with van der Waals surface area (Å²) in [6.45, 7) is 4.85. The Hall–Kier alpha value is -1.58. The smallest absolute Gasteiger partial charge is 0.125 e. The molecule has 0 saturated carbocycles. The van der Waals surface area contributed by atoms with Gasteiger partial charge in [-0.3, -0.25) is 0 Å². The van der Waals surface area contributed by atoms with Crippen LogP contribution in [0.25, 0.3) is 0 Å². The van der Waals surface area contributed by atoms with Gasteiger partial charge in [-0.1, -0.05) is 37.6 Å². The van der Waals surface area contributed by atoms with Gasteiger partial charge in [0.2, 0.25) is 0 Å². The zero-order valence-electron chi connectivity index (χ0n) is 12.5. The Morgan fingerprint density at radius 2 is 1.90 bits per heavy atom. The van der Waals surface area contributed by atoms with Crippen molar-refractivity contribution in [3.8, 4) is 0 Å². The Labute approximate surface area is 130 Å². The summed E-state index contributed by atoms with van der Waals surface area (Å²) in [4.78, 5) is 1.95. The van der Waals surface area contributed by atoms with Gasteiger partial charge >= 0.3 is 0 Å². The van der Waals surface area contributed by atoms with Gasteiger partial charge in [0, 0.05) is 41.6 Å². The fourth-order valence-electron chi connectivity index (χ4n) is 2.17. The van der Waals surface area contributed by atoms with E-state index in [-0.39, 0.29) is 5.82 Å². The molecular formula is C17H20ClFN2. The lowest BCUT2D eigenvalue weighted by Gasteiger charge is -2.24. The van der Waals surface area contributed by atoms with Crippen molar-refractivity contribution in [1.29, 1.82) is 0 Å². The quantitative estimate of drug-likeness (QED) is 0.858. The van der Waals surface area contributed by atoms with Crippen molar-refractivity contribution >= 4 is 23.0 Å². The molecule has 4 heteroatoms. The standard InChI is InChI=1S/C17H20ClFN2/c1-12(2)20-11-15-16(18)8-5-9-17(15)21(3)14-7-4-6-13(19)10-14/h4-10,12,20H,11H2,1-3H3. The molecule has 0 spiro atoms. The van der Waals surface area contributed by atoms with E-state index in [2.05, 4.69) is 19.2 Å². The molecule has 0 amide bonds. The number of nitrogens with one attached hydrogen (secondary N) is 1. The normalized spacial score (nSPS) is 11.0. The summed E-state index contributed by atoms with van der Waals surface area (Å²) >= 11 is 6.33. The second-order valence-corrected chi connectivity index (χ2v) is 5.72. The molecule has 2 nitrogen and oxygen atoms in total. The van der Waals surface area contributed by atoms with E-state index in [1.54, 1.807) is 6.07 Å². The van der Waals surface area contributed by atoms with Crippen molar-refractivity contribution in [3.05, 3.63) is 58.9 Å². The second kappa shape index (κ2) is 6.92. The van der Waals surface area contributed by atoms with Crippen molar-refractivity contribution in [1.82, 2.24) is 5.32 Å². The van der Waals surface area contributed by atoms with E-state index in [1.165, 1.54) is 12.1 Å². The monoisotopic (exact) mass is 306 g/mol. The molecule has 2 rings (SSSR count). The van der Waals surface area contributed by atoms with Crippen LogP contribution >= 0.6 is 11.6 Å². The van der Waals surface area contributed by atoms with Crippen LogP contribution in [0.2, 0.25) is 5.02 Å². The summed E-state index contributed by atoms with van der Waals surface area (Å²) in [6.07, 6.45) is 0. The molecule has 0 fully saturated rings. The highest BCUT2D eigenvalue weighted by molar-refractivity contribution is 6.31. The highest BCUT2D eigenvalue weighted by atomic mass is 35.5. The molecule has 21 heavy (non-hydrogen) atoms. The molecular weight excluding hydrogens is 287 g/mol. The first kappa shape index (κ1) is 15.8. The summed E-state index contributed by atoms with van der Waals surface area (Å²) in [5, 5.41) is 4.09. The highest BCUT2D eigenvalue weighted by Gasteiger charge is 2.13. The third-order valence-corrected chi connectivity index (χ3v) is 3.69. The minimum absolute atomic E-state index is 0.247. The average Bonchev–Trinajstić information content (AvgIpc) is 2.45. The van der Waals surface area contributed by atoms with Gasteiger partial charge in [0.05, 0.1) is 0 Å². The lowest BCUT2D eigenvalue weighted by Crippen LogP contribution is -2.23. The van der Waals surface area contributed by atoms with Gasteiger partial charge in [-0.2, -0.15) is 0 Å². The van der Waals surface area contributed by atoms with E-state index in [0.29, 0.717) is 17.6 Å². The summed E-state index contributed by atoms with van der Waals surface area (Å²) in [6, 6.07) is 12.7. The van der Waals surface area contributed by atoms with E-state index < -0.39 is 0 Å². The van der Waals surface area contributed by atoms with Crippen LogP contribution in [-0.2, 0) is 6.54 Å². The number of rotatable bonds is 5.